The second-order valence-corrected chi connectivity index (χ2v) is 2.92. The van der Waals surface area contributed by atoms with E-state index < -0.39 is 5.97 Å². The van der Waals surface area contributed by atoms with Crippen molar-refractivity contribution in [2.75, 3.05) is 12.2 Å². The van der Waals surface area contributed by atoms with Crippen LogP contribution in [0.4, 0.5) is 5.69 Å². The van der Waals surface area contributed by atoms with Crippen molar-refractivity contribution in [2.24, 2.45) is 10.7 Å². The van der Waals surface area contributed by atoms with Crippen LogP contribution >= 0.6 is 0 Å². The van der Waals surface area contributed by atoms with Crippen LogP contribution in [0.3, 0.4) is 0 Å². The van der Waals surface area contributed by atoms with Gasteiger partial charge in [0, 0.05) is 0 Å². The Morgan fingerprint density at radius 1 is 1.47 bits per heavy atom. The molecule has 0 saturated heterocycles. The summed E-state index contributed by atoms with van der Waals surface area (Å²) in [5.74, 6) is -1.18. The summed E-state index contributed by atoms with van der Waals surface area (Å²) >= 11 is 0. The van der Waals surface area contributed by atoms with Gasteiger partial charge in [-0.3, -0.25) is 9.63 Å². The molecule has 7 heteroatoms. The van der Waals surface area contributed by atoms with Gasteiger partial charge in [-0.2, -0.15) is 10.1 Å². The van der Waals surface area contributed by atoms with Crippen LogP contribution in [-0.2, 0) is 9.63 Å². The second kappa shape index (κ2) is 5.61. The summed E-state index contributed by atoms with van der Waals surface area (Å²) < 4.78 is 0. The Balaban J connectivity index is 3.01. The lowest BCUT2D eigenvalue weighted by molar-refractivity contribution is -0.106. The predicted molar refractivity (Wildman–Crippen MR) is 60.6 cm³/mol. The van der Waals surface area contributed by atoms with E-state index >= 15 is 0 Å². The largest absolute Gasteiger partial charge is 0.478 e. The minimum absolute atomic E-state index is 0.135. The van der Waals surface area contributed by atoms with Crippen molar-refractivity contribution >= 4 is 24.0 Å². The summed E-state index contributed by atoms with van der Waals surface area (Å²) in [6.45, 7) is 0. The zero-order valence-corrected chi connectivity index (χ0v) is 9.03. The Kier molecular flexibility index (Phi) is 4.18. The molecule has 0 unspecified atom stereocenters. The highest BCUT2D eigenvalue weighted by Crippen LogP contribution is 2.15. The summed E-state index contributed by atoms with van der Waals surface area (Å²) in [6.07, 6.45) is 0.285. The molecule has 0 spiro atoms. The van der Waals surface area contributed by atoms with E-state index in [2.05, 4.69) is 4.99 Å². The Morgan fingerprint density at radius 2 is 2.06 bits per heavy atom. The molecule has 0 saturated carbocycles. The number of rotatable bonds is 4. The number of aliphatic imine (C=N–C) groups is 1. The lowest BCUT2D eigenvalue weighted by Gasteiger charge is -2.19. The highest BCUT2D eigenvalue weighted by Gasteiger charge is 2.11. The molecule has 1 aromatic rings. The summed E-state index contributed by atoms with van der Waals surface area (Å²) in [5.41, 5.74) is 6.07. The number of hydrogen-bond acceptors (Lipinski definition) is 3. The van der Waals surface area contributed by atoms with Crippen molar-refractivity contribution in [2.45, 2.75) is 0 Å². The van der Waals surface area contributed by atoms with Crippen LogP contribution in [0.15, 0.2) is 29.3 Å². The number of carboxylic acid groups (broad SMARTS) is 1. The van der Waals surface area contributed by atoms with Crippen molar-refractivity contribution in [3.05, 3.63) is 29.8 Å². The Hall–Kier alpha value is -2.41. The minimum atomic E-state index is -1.03. The molecule has 0 aliphatic carbocycles. The molecule has 1 amide bonds. The number of hydrogen-bond donors (Lipinski definition) is 2. The van der Waals surface area contributed by atoms with Crippen LogP contribution < -0.4 is 10.8 Å². The molecule has 7 nitrogen and oxygen atoms in total. The molecule has 0 aromatic heterocycles. The second-order valence-electron chi connectivity index (χ2n) is 2.92. The minimum Gasteiger partial charge on any atom is -0.478 e. The van der Waals surface area contributed by atoms with E-state index in [4.69, 9.17) is 15.7 Å². The molecule has 0 atom stereocenters. The van der Waals surface area contributed by atoms with Crippen LogP contribution in [0.25, 0.3) is 0 Å². The monoisotopic (exact) mass is 237 g/mol. The fourth-order valence-electron chi connectivity index (χ4n) is 1.18. The topological polar surface area (TPSA) is 105 Å². The van der Waals surface area contributed by atoms with Crippen LogP contribution in [0, 0.1) is 0 Å². The molecular weight excluding hydrogens is 226 g/mol. The van der Waals surface area contributed by atoms with Crippen LogP contribution in [0.5, 0.6) is 0 Å². The van der Waals surface area contributed by atoms with Crippen molar-refractivity contribution in [3.63, 3.8) is 0 Å². The van der Waals surface area contributed by atoms with Gasteiger partial charge >= 0.3 is 5.97 Å². The van der Waals surface area contributed by atoms with Gasteiger partial charge in [0.15, 0.2) is 0 Å². The molecule has 0 bridgehead atoms. The molecule has 0 aliphatic heterocycles. The van der Waals surface area contributed by atoms with Gasteiger partial charge in [0.05, 0.1) is 18.4 Å². The SMILES string of the molecule is CON(C(N)=NC=O)c1ccc(C(=O)O)cc1. The highest BCUT2D eigenvalue weighted by molar-refractivity contribution is 5.97. The van der Waals surface area contributed by atoms with Gasteiger partial charge in [-0.25, -0.2) is 4.79 Å². The van der Waals surface area contributed by atoms with E-state index in [0.717, 1.165) is 5.06 Å². The number of anilines is 1. The number of guanidine groups is 1. The van der Waals surface area contributed by atoms with Gasteiger partial charge in [0.1, 0.15) is 0 Å². The third-order valence-corrected chi connectivity index (χ3v) is 1.92. The lowest BCUT2D eigenvalue weighted by atomic mass is 10.2. The van der Waals surface area contributed by atoms with Crippen molar-refractivity contribution in [1.29, 1.82) is 0 Å². The molecule has 0 radical (unpaired) electrons. The van der Waals surface area contributed by atoms with Crippen molar-refractivity contribution in [1.82, 2.24) is 0 Å². The molecular formula is C10H11N3O4. The molecule has 1 aromatic carbocycles. The number of carbonyl (C=O) groups excluding carboxylic acids is 1. The summed E-state index contributed by atoms with van der Waals surface area (Å²) in [5, 5.41) is 9.82. The molecule has 0 heterocycles. The lowest BCUT2D eigenvalue weighted by Crippen LogP contribution is -2.36. The number of nitrogens with two attached hydrogens (primary N) is 1. The predicted octanol–water partition coefficient (Wildman–Crippen LogP) is 0.224. The standard InChI is InChI=1S/C10H11N3O4/c1-17-13(10(11)12-6-14)8-4-2-7(3-5-8)9(15)16/h2-6H,1H3,(H,15,16)(H2,11,12,14). The van der Waals surface area contributed by atoms with Crippen molar-refractivity contribution in [3.8, 4) is 0 Å². The zero-order chi connectivity index (χ0) is 12.8. The van der Waals surface area contributed by atoms with E-state index in [1.165, 1.54) is 31.4 Å². The van der Waals surface area contributed by atoms with Gasteiger partial charge < -0.3 is 10.8 Å². The van der Waals surface area contributed by atoms with Crippen LogP contribution in [-0.4, -0.2) is 30.6 Å². The third-order valence-electron chi connectivity index (χ3n) is 1.92. The summed E-state index contributed by atoms with van der Waals surface area (Å²) in [6, 6.07) is 5.75. The van der Waals surface area contributed by atoms with E-state index in [9.17, 15) is 9.59 Å². The van der Waals surface area contributed by atoms with E-state index in [-0.39, 0.29) is 17.9 Å². The van der Waals surface area contributed by atoms with Gasteiger partial charge in [0.2, 0.25) is 12.4 Å². The average molecular weight is 237 g/mol. The summed E-state index contributed by atoms with van der Waals surface area (Å²) in [4.78, 5) is 29.1. The Morgan fingerprint density at radius 3 is 2.47 bits per heavy atom. The van der Waals surface area contributed by atoms with E-state index in [1.807, 2.05) is 0 Å². The first-order valence-corrected chi connectivity index (χ1v) is 4.54. The maximum Gasteiger partial charge on any atom is 0.335 e. The fourth-order valence-corrected chi connectivity index (χ4v) is 1.18. The number of benzene rings is 1. The van der Waals surface area contributed by atoms with Crippen molar-refractivity contribution < 1.29 is 19.5 Å². The zero-order valence-electron chi connectivity index (χ0n) is 9.03. The Bertz CT molecular complexity index is 441. The fraction of sp³-hybridized carbons (Fsp3) is 0.100. The molecule has 17 heavy (non-hydrogen) atoms. The van der Waals surface area contributed by atoms with Gasteiger partial charge in [-0.15, -0.1) is 0 Å². The first-order chi connectivity index (χ1) is 8.10. The number of carboxylic acids is 1. The number of amides is 1. The molecule has 0 fully saturated rings. The van der Waals surface area contributed by atoms with Crippen LogP contribution in [0.2, 0.25) is 0 Å². The molecule has 1 rings (SSSR count). The van der Waals surface area contributed by atoms with Gasteiger partial charge in [-0.1, -0.05) is 0 Å². The van der Waals surface area contributed by atoms with Gasteiger partial charge in [0.25, 0.3) is 0 Å². The molecule has 0 aliphatic rings. The third kappa shape index (κ3) is 3.02. The normalized spacial score (nSPS) is 11.0. The van der Waals surface area contributed by atoms with Crippen LogP contribution in [0.1, 0.15) is 10.4 Å². The molecule has 90 valence electrons. The first kappa shape index (κ1) is 12.7. The van der Waals surface area contributed by atoms with Gasteiger partial charge in [-0.05, 0) is 24.3 Å². The quantitative estimate of drug-likeness (QED) is 0.336. The Labute approximate surface area is 97.1 Å². The van der Waals surface area contributed by atoms with E-state index in [1.54, 1.807) is 0 Å². The highest BCUT2D eigenvalue weighted by atomic mass is 16.7. The van der Waals surface area contributed by atoms with E-state index in [0.29, 0.717) is 5.69 Å². The summed E-state index contributed by atoms with van der Waals surface area (Å²) in [7, 11) is 1.35. The first-order valence-electron chi connectivity index (χ1n) is 4.54. The number of hydroxylamine groups is 1. The number of aromatic carboxylic acids is 1. The smallest absolute Gasteiger partial charge is 0.335 e. The average Bonchev–Trinajstić information content (AvgIpc) is 2.31. The number of carbonyl (C=O) groups is 2. The number of nitrogens with zero attached hydrogens (tertiary/aromatic N) is 2. The maximum absolute atomic E-state index is 10.6. The molecule has 3 N–H and O–H groups in total. The maximum atomic E-state index is 10.6.